The summed E-state index contributed by atoms with van der Waals surface area (Å²) in [7, 11) is 3.68. The zero-order chi connectivity index (χ0) is 28.0. The molecule has 0 saturated carbocycles. The minimum atomic E-state index is -0.425. The number of amides is 3. The highest BCUT2D eigenvalue weighted by atomic mass is 35.5. The Morgan fingerprint density at radius 1 is 1.05 bits per heavy atom. The summed E-state index contributed by atoms with van der Waals surface area (Å²) in [6.45, 7) is 2.76. The van der Waals surface area contributed by atoms with Crippen molar-refractivity contribution in [2.45, 2.75) is 26.1 Å². The summed E-state index contributed by atoms with van der Waals surface area (Å²) in [5.74, 6) is 0.787. The Hall–Kier alpha value is -4.21. The third kappa shape index (κ3) is 4.82. The Morgan fingerprint density at radius 3 is 2.58 bits per heavy atom. The second kappa shape index (κ2) is 10.4. The number of para-hydroxylation sites is 1. The topological polar surface area (TPSA) is 73.7 Å². The summed E-state index contributed by atoms with van der Waals surface area (Å²) in [6.07, 6.45) is 1.94. The molecule has 3 amide bonds. The molecule has 8 nitrogen and oxygen atoms in total. The van der Waals surface area contributed by atoms with Crippen molar-refractivity contribution in [3.05, 3.63) is 94.4 Å². The fourth-order valence-corrected chi connectivity index (χ4v) is 5.73. The van der Waals surface area contributed by atoms with Gasteiger partial charge >= 0.3 is 6.03 Å². The molecule has 2 aliphatic heterocycles. The number of urea groups is 1. The molecule has 0 aliphatic carbocycles. The summed E-state index contributed by atoms with van der Waals surface area (Å²) in [6, 6.07) is 18.7. The number of hydrogen-bond donors (Lipinski definition) is 1. The van der Waals surface area contributed by atoms with E-state index in [9.17, 15) is 14.0 Å². The Bertz CT molecular complexity index is 1600. The van der Waals surface area contributed by atoms with E-state index in [1.807, 2.05) is 23.7 Å². The Kier molecular flexibility index (Phi) is 6.77. The van der Waals surface area contributed by atoms with E-state index in [0.717, 1.165) is 42.3 Å². The van der Waals surface area contributed by atoms with Crippen LogP contribution in [-0.2, 0) is 31.5 Å². The van der Waals surface area contributed by atoms with E-state index in [0.29, 0.717) is 23.1 Å². The fraction of sp³-hybridized carbons (Fsp3) is 0.233. The number of imidazole rings is 1. The average molecular weight is 559 g/mol. The number of nitrogens with one attached hydrogen (secondary N) is 1. The maximum atomic E-state index is 14.4. The predicted octanol–water partition coefficient (Wildman–Crippen LogP) is 5.61. The van der Waals surface area contributed by atoms with Crippen molar-refractivity contribution in [3.8, 4) is 11.4 Å². The molecule has 4 aromatic rings. The third-order valence-corrected chi connectivity index (χ3v) is 7.85. The molecule has 1 fully saturated rings. The Labute approximate surface area is 236 Å². The third-order valence-electron chi connectivity index (χ3n) is 7.55. The Morgan fingerprint density at radius 2 is 1.82 bits per heavy atom. The van der Waals surface area contributed by atoms with Gasteiger partial charge in [0, 0.05) is 57.9 Å². The van der Waals surface area contributed by atoms with Crippen molar-refractivity contribution < 1.29 is 14.0 Å². The van der Waals surface area contributed by atoms with Crippen LogP contribution in [0.1, 0.15) is 23.1 Å². The molecule has 0 unspecified atom stereocenters. The van der Waals surface area contributed by atoms with Gasteiger partial charge in [0.2, 0.25) is 5.91 Å². The summed E-state index contributed by atoms with van der Waals surface area (Å²) in [4.78, 5) is 34.1. The van der Waals surface area contributed by atoms with Crippen LogP contribution in [0, 0.1) is 5.82 Å². The van der Waals surface area contributed by atoms with Crippen LogP contribution in [0.15, 0.2) is 66.9 Å². The fourth-order valence-electron chi connectivity index (χ4n) is 5.44. The van der Waals surface area contributed by atoms with E-state index in [4.69, 9.17) is 11.6 Å². The molecule has 40 heavy (non-hydrogen) atoms. The Balaban J connectivity index is 1.14. The van der Waals surface area contributed by atoms with Crippen molar-refractivity contribution in [1.82, 2.24) is 19.8 Å². The van der Waals surface area contributed by atoms with E-state index < -0.39 is 6.03 Å². The minimum Gasteiger partial charge on any atom is -0.341 e. The van der Waals surface area contributed by atoms with Crippen LogP contribution in [0.4, 0.5) is 26.4 Å². The van der Waals surface area contributed by atoms with Gasteiger partial charge < -0.3 is 9.47 Å². The van der Waals surface area contributed by atoms with Gasteiger partial charge in [-0.3, -0.25) is 19.9 Å². The van der Waals surface area contributed by atoms with Gasteiger partial charge in [0.15, 0.2) is 0 Å². The maximum Gasteiger partial charge on any atom is 0.329 e. The average Bonchev–Trinajstić information content (AvgIpc) is 3.51. The number of anilines is 3. The molecule has 0 atom stereocenters. The van der Waals surface area contributed by atoms with Gasteiger partial charge in [-0.05, 0) is 47.0 Å². The van der Waals surface area contributed by atoms with Gasteiger partial charge in [-0.25, -0.2) is 14.2 Å². The van der Waals surface area contributed by atoms with Crippen LogP contribution in [0.3, 0.4) is 0 Å². The number of benzene rings is 3. The van der Waals surface area contributed by atoms with Gasteiger partial charge in [0.05, 0.1) is 16.9 Å². The summed E-state index contributed by atoms with van der Waals surface area (Å²) in [5, 5.41) is 2.73. The lowest BCUT2D eigenvalue weighted by Gasteiger charge is -2.26. The number of fused-ring (bicyclic) bond motifs is 1. The molecular weight excluding hydrogens is 531 g/mol. The van der Waals surface area contributed by atoms with Crippen LogP contribution < -0.4 is 15.1 Å². The van der Waals surface area contributed by atoms with Gasteiger partial charge in [-0.2, -0.15) is 0 Å². The normalized spacial score (nSPS) is 15.3. The second-order valence-corrected chi connectivity index (χ2v) is 10.6. The molecule has 0 spiro atoms. The maximum absolute atomic E-state index is 14.4. The molecule has 1 aromatic heterocycles. The van der Waals surface area contributed by atoms with Gasteiger partial charge in [-0.15, -0.1) is 0 Å². The standard InChI is InChI=1S/C30H28ClFN6O2/c1-35(28-24(31)4-3-5-25(28)32)23-10-6-19(7-11-23)16-37-17-21-9-8-20(14-22(21)18-37)29-33-15-27(36(29)2)38-13-12-26(39)34-30(38)40/h3-11,14-15H,12-13,16-18H2,1-2H3,(H,34,39,40). The number of imide groups is 1. The van der Waals surface area contributed by atoms with Gasteiger partial charge in [0.25, 0.3) is 0 Å². The highest BCUT2D eigenvalue weighted by molar-refractivity contribution is 6.33. The monoisotopic (exact) mass is 558 g/mol. The molecule has 204 valence electrons. The SMILES string of the molecule is CN(c1ccc(CN2Cc3ccc(-c4ncc(N5CCC(=O)NC5=O)n4C)cc3C2)cc1)c1c(F)cccc1Cl. The summed E-state index contributed by atoms with van der Waals surface area (Å²) in [5.41, 5.74) is 5.87. The molecule has 3 heterocycles. The molecule has 6 rings (SSSR count). The number of rotatable bonds is 6. The smallest absolute Gasteiger partial charge is 0.329 e. The van der Waals surface area contributed by atoms with Crippen LogP contribution in [0.2, 0.25) is 5.02 Å². The van der Waals surface area contributed by atoms with Crippen LogP contribution in [-0.4, -0.2) is 40.0 Å². The van der Waals surface area contributed by atoms with Crippen LogP contribution in [0.5, 0.6) is 0 Å². The zero-order valence-corrected chi connectivity index (χ0v) is 23.0. The zero-order valence-electron chi connectivity index (χ0n) is 22.2. The number of aromatic nitrogens is 2. The first-order valence-corrected chi connectivity index (χ1v) is 13.4. The minimum absolute atomic E-state index is 0.261. The number of carbonyl (C=O) groups excluding carboxylic acids is 2. The molecule has 2 aliphatic rings. The lowest BCUT2D eigenvalue weighted by Crippen LogP contribution is -2.50. The lowest BCUT2D eigenvalue weighted by molar-refractivity contribution is -0.120. The largest absolute Gasteiger partial charge is 0.341 e. The van der Waals surface area contributed by atoms with Crippen molar-refractivity contribution in [2.75, 3.05) is 23.4 Å². The van der Waals surface area contributed by atoms with Gasteiger partial charge in [0.1, 0.15) is 17.5 Å². The van der Waals surface area contributed by atoms with Crippen LogP contribution >= 0.6 is 11.6 Å². The summed E-state index contributed by atoms with van der Waals surface area (Å²) < 4.78 is 16.3. The number of nitrogens with zero attached hydrogens (tertiary/aromatic N) is 5. The first kappa shape index (κ1) is 26.0. The van der Waals surface area contributed by atoms with E-state index in [1.165, 1.54) is 17.2 Å². The van der Waals surface area contributed by atoms with Crippen molar-refractivity contribution in [3.63, 3.8) is 0 Å². The van der Waals surface area contributed by atoms with Crippen molar-refractivity contribution >= 4 is 40.7 Å². The van der Waals surface area contributed by atoms with E-state index in [1.54, 1.807) is 35.2 Å². The molecule has 1 N–H and O–H groups in total. The molecule has 10 heteroatoms. The quantitative estimate of drug-likeness (QED) is 0.333. The first-order valence-electron chi connectivity index (χ1n) is 13.0. The van der Waals surface area contributed by atoms with E-state index >= 15 is 0 Å². The number of hydrogen-bond acceptors (Lipinski definition) is 5. The molecule has 0 bridgehead atoms. The van der Waals surface area contributed by atoms with E-state index in [2.05, 4.69) is 45.5 Å². The predicted molar refractivity (Wildman–Crippen MR) is 153 cm³/mol. The molecule has 3 aromatic carbocycles. The van der Waals surface area contributed by atoms with Gasteiger partial charge in [-0.1, -0.05) is 41.9 Å². The highest BCUT2D eigenvalue weighted by Gasteiger charge is 2.28. The first-order chi connectivity index (χ1) is 19.3. The molecule has 0 radical (unpaired) electrons. The second-order valence-electron chi connectivity index (χ2n) is 10.2. The number of carbonyl (C=O) groups is 2. The van der Waals surface area contributed by atoms with E-state index in [-0.39, 0.29) is 18.1 Å². The highest BCUT2D eigenvalue weighted by Crippen LogP contribution is 2.34. The van der Waals surface area contributed by atoms with Crippen molar-refractivity contribution in [2.24, 2.45) is 7.05 Å². The van der Waals surface area contributed by atoms with Crippen molar-refractivity contribution in [1.29, 1.82) is 0 Å². The molecular formula is C30H28ClFN6O2. The lowest BCUT2D eigenvalue weighted by atomic mass is 10.1. The molecule has 1 saturated heterocycles. The summed E-state index contributed by atoms with van der Waals surface area (Å²) >= 11 is 6.25. The van der Waals surface area contributed by atoms with Crippen LogP contribution in [0.25, 0.3) is 11.4 Å². The number of halogens is 2.